The summed E-state index contributed by atoms with van der Waals surface area (Å²) in [6.07, 6.45) is 2.24. The molecule has 6 nitrogen and oxygen atoms in total. The summed E-state index contributed by atoms with van der Waals surface area (Å²) in [7, 11) is 1.65. The Kier molecular flexibility index (Phi) is 6.76. The number of nitrogens with two attached hydrogens (primary N) is 1. The molecule has 1 heterocycles. The van der Waals surface area contributed by atoms with Gasteiger partial charge in [0.1, 0.15) is 0 Å². The minimum Gasteiger partial charge on any atom is -0.382 e. The number of nitrogens with zero attached hydrogens (tertiary/aromatic N) is 2. The molecule has 0 radical (unpaired) electrons. The van der Waals surface area contributed by atoms with E-state index in [1.807, 2.05) is 6.92 Å². The highest BCUT2D eigenvalue weighted by atomic mass is 16.5. The summed E-state index contributed by atoms with van der Waals surface area (Å²) in [5.74, 6) is 1.33. The number of aryl methyl sites for hydroxylation is 1. The Hall–Kier alpha value is -0.980. The van der Waals surface area contributed by atoms with Crippen molar-refractivity contribution in [2.75, 3.05) is 26.9 Å². The van der Waals surface area contributed by atoms with Crippen LogP contribution in [0.1, 0.15) is 25.1 Å². The zero-order valence-electron chi connectivity index (χ0n) is 10.5. The topological polar surface area (TPSA) is 83.4 Å². The first-order valence-electron chi connectivity index (χ1n) is 5.86. The van der Waals surface area contributed by atoms with Gasteiger partial charge in [0.05, 0.1) is 19.8 Å². The second-order valence-corrected chi connectivity index (χ2v) is 3.98. The molecule has 0 aromatic carbocycles. The fourth-order valence-corrected chi connectivity index (χ4v) is 1.25. The van der Waals surface area contributed by atoms with Gasteiger partial charge in [-0.3, -0.25) is 0 Å². The number of hydrogen-bond acceptors (Lipinski definition) is 6. The van der Waals surface area contributed by atoms with Crippen molar-refractivity contribution in [2.24, 2.45) is 5.73 Å². The summed E-state index contributed by atoms with van der Waals surface area (Å²) in [5, 5.41) is 3.87. The van der Waals surface area contributed by atoms with Crippen LogP contribution in [-0.4, -0.2) is 43.1 Å². The highest BCUT2D eigenvalue weighted by molar-refractivity contribution is 4.87. The van der Waals surface area contributed by atoms with Crippen molar-refractivity contribution in [3.63, 3.8) is 0 Å². The molecule has 0 aliphatic rings. The highest BCUT2D eigenvalue weighted by Crippen LogP contribution is 2.03. The van der Waals surface area contributed by atoms with Crippen molar-refractivity contribution >= 4 is 0 Å². The maximum Gasteiger partial charge on any atom is 0.226 e. The molecule has 1 rings (SSSR count). The minimum absolute atomic E-state index is 0.155. The van der Waals surface area contributed by atoms with Gasteiger partial charge < -0.3 is 19.7 Å². The maximum atomic E-state index is 5.65. The first kappa shape index (κ1) is 14.1. The van der Waals surface area contributed by atoms with Gasteiger partial charge in [-0.1, -0.05) is 5.16 Å². The molecule has 1 aromatic heterocycles. The minimum atomic E-state index is 0.155. The standard InChI is InChI=1S/C11H21N3O3/c1-9(12)3-4-11-13-10(14-17-11)5-6-16-8-7-15-2/h9H,3-8,12H2,1-2H3. The lowest BCUT2D eigenvalue weighted by Crippen LogP contribution is -2.15. The summed E-state index contributed by atoms with van der Waals surface area (Å²) in [6, 6.07) is 0.155. The van der Waals surface area contributed by atoms with Crippen molar-refractivity contribution in [3.05, 3.63) is 11.7 Å². The van der Waals surface area contributed by atoms with E-state index < -0.39 is 0 Å². The molecular weight excluding hydrogens is 222 g/mol. The second-order valence-electron chi connectivity index (χ2n) is 3.98. The molecule has 2 N–H and O–H groups in total. The number of hydrogen-bond donors (Lipinski definition) is 1. The normalized spacial score (nSPS) is 12.9. The molecule has 0 bridgehead atoms. The zero-order valence-corrected chi connectivity index (χ0v) is 10.5. The lowest BCUT2D eigenvalue weighted by atomic mass is 10.2. The molecule has 6 heteroatoms. The van der Waals surface area contributed by atoms with Gasteiger partial charge in [0, 0.05) is 26.0 Å². The third-order valence-corrected chi connectivity index (χ3v) is 2.23. The molecule has 0 spiro atoms. The Morgan fingerprint density at radius 3 is 2.82 bits per heavy atom. The molecule has 1 unspecified atom stereocenters. The third kappa shape index (κ3) is 6.35. The molecule has 0 aliphatic heterocycles. The van der Waals surface area contributed by atoms with Crippen LogP contribution in [-0.2, 0) is 22.3 Å². The predicted molar refractivity (Wildman–Crippen MR) is 62.7 cm³/mol. The molecule has 1 aromatic rings. The van der Waals surface area contributed by atoms with Crippen molar-refractivity contribution < 1.29 is 14.0 Å². The molecular formula is C11H21N3O3. The maximum absolute atomic E-state index is 5.65. The van der Waals surface area contributed by atoms with Gasteiger partial charge in [0.15, 0.2) is 5.82 Å². The van der Waals surface area contributed by atoms with Crippen molar-refractivity contribution in [2.45, 2.75) is 32.2 Å². The van der Waals surface area contributed by atoms with Gasteiger partial charge in [-0.15, -0.1) is 0 Å². The van der Waals surface area contributed by atoms with Crippen molar-refractivity contribution in [1.29, 1.82) is 0 Å². The van der Waals surface area contributed by atoms with E-state index in [9.17, 15) is 0 Å². The fraction of sp³-hybridized carbons (Fsp3) is 0.818. The van der Waals surface area contributed by atoms with Gasteiger partial charge in [-0.2, -0.15) is 4.98 Å². The smallest absolute Gasteiger partial charge is 0.226 e. The molecule has 98 valence electrons. The Morgan fingerprint density at radius 1 is 1.29 bits per heavy atom. The van der Waals surface area contributed by atoms with Crippen molar-refractivity contribution in [3.8, 4) is 0 Å². The van der Waals surface area contributed by atoms with Gasteiger partial charge in [-0.05, 0) is 13.3 Å². The zero-order chi connectivity index (χ0) is 12.5. The van der Waals surface area contributed by atoms with E-state index in [1.165, 1.54) is 0 Å². The van der Waals surface area contributed by atoms with E-state index in [2.05, 4.69) is 10.1 Å². The largest absolute Gasteiger partial charge is 0.382 e. The van der Waals surface area contributed by atoms with Crippen LogP contribution in [0.4, 0.5) is 0 Å². The first-order valence-corrected chi connectivity index (χ1v) is 5.86. The number of aromatic nitrogens is 2. The second kappa shape index (κ2) is 8.16. The Bertz CT molecular complexity index is 302. The molecule has 0 saturated carbocycles. The average molecular weight is 243 g/mol. The molecule has 1 atom stereocenters. The summed E-state index contributed by atoms with van der Waals surface area (Å²) in [6.45, 7) is 3.73. The summed E-state index contributed by atoms with van der Waals surface area (Å²) in [4.78, 5) is 4.26. The summed E-state index contributed by atoms with van der Waals surface area (Å²) < 4.78 is 15.3. The average Bonchev–Trinajstić information content (AvgIpc) is 2.74. The van der Waals surface area contributed by atoms with Crippen LogP contribution >= 0.6 is 0 Å². The quantitative estimate of drug-likeness (QED) is 0.638. The lowest BCUT2D eigenvalue weighted by Gasteiger charge is -2.00. The van der Waals surface area contributed by atoms with Crippen LogP contribution in [0.5, 0.6) is 0 Å². The Balaban J connectivity index is 2.17. The fourth-order valence-electron chi connectivity index (χ4n) is 1.25. The van der Waals surface area contributed by atoms with E-state index in [4.69, 9.17) is 19.7 Å². The highest BCUT2D eigenvalue weighted by Gasteiger charge is 2.06. The molecule has 0 saturated heterocycles. The van der Waals surface area contributed by atoms with E-state index >= 15 is 0 Å². The van der Waals surface area contributed by atoms with Gasteiger partial charge in [0.2, 0.25) is 5.89 Å². The van der Waals surface area contributed by atoms with Gasteiger partial charge >= 0.3 is 0 Å². The first-order chi connectivity index (χ1) is 8.22. The van der Waals surface area contributed by atoms with Crippen LogP contribution in [0.15, 0.2) is 4.52 Å². The van der Waals surface area contributed by atoms with Crippen LogP contribution in [0.2, 0.25) is 0 Å². The molecule has 0 fully saturated rings. The van der Waals surface area contributed by atoms with Crippen LogP contribution < -0.4 is 5.73 Å². The number of rotatable bonds is 9. The third-order valence-electron chi connectivity index (χ3n) is 2.23. The molecule has 0 aliphatic carbocycles. The van der Waals surface area contributed by atoms with E-state index in [0.717, 1.165) is 12.8 Å². The Labute approximate surface area is 101 Å². The van der Waals surface area contributed by atoms with Crippen LogP contribution in [0.3, 0.4) is 0 Å². The monoisotopic (exact) mass is 243 g/mol. The van der Waals surface area contributed by atoms with Gasteiger partial charge in [-0.25, -0.2) is 0 Å². The summed E-state index contributed by atoms with van der Waals surface area (Å²) in [5.41, 5.74) is 5.65. The van der Waals surface area contributed by atoms with Crippen LogP contribution in [0, 0.1) is 0 Å². The molecule has 0 amide bonds. The SMILES string of the molecule is COCCOCCc1noc(CCC(C)N)n1. The van der Waals surface area contributed by atoms with Crippen molar-refractivity contribution in [1.82, 2.24) is 10.1 Å². The number of methoxy groups -OCH3 is 1. The predicted octanol–water partition coefficient (Wildman–Crippen LogP) is 0.555. The van der Waals surface area contributed by atoms with Gasteiger partial charge in [0.25, 0.3) is 0 Å². The lowest BCUT2D eigenvalue weighted by molar-refractivity contribution is 0.0714. The van der Waals surface area contributed by atoms with Crippen LogP contribution in [0.25, 0.3) is 0 Å². The number of ether oxygens (including phenoxy) is 2. The Morgan fingerprint density at radius 2 is 2.12 bits per heavy atom. The van der Waals surface area contributed by atoms with E-state index in [-0.39, 0.29) is 6.04 Å². The summed E-state index contributed by atoms with van der Waals surface area (Å²) >= 11 is 0. The van der Waals surface area contributed by atoms with E-state index in [0.29, 0.717) is 38.0 Å². The molecule has 17 heavy (non-hydrogen) atoms. The van der Waals surface area contributed by atoms with E-state index in [1.54, 1.807) is 7.11 Å².